The maximum atomic E-state index is 13.5. The van der Waals surface area contributed by atoms with Crippen molar-refractivity contribution in [3.05, 3.63) is 36.0 Å². The Bertz CT molecular complexity index is 1040. The van der Waals surface area contributed by atoms with Gasteiger partial charge in [0.2, 0.25) is 15.9 Å². The summed E-state index contributed by atoms with van der Waals surface area (Å²) in [6.07, 6.45) is 3.07. The zero-order valence-electron chi connectivity index (χ0n) is 17.0. The number of hydrogen-bond acceptors (Lipinski definition) is 5. The van der Waals surface area contributed by atoms with Crippen LogP contribution in [0.5, 0.6) is 0 Å². The molecule has 2 aliphatic rings. The molecular formula is C21H27N3O4S. The summed E-state index contributed by atoms with van der Waals surface area (Å²) in [5.74, 6) is 0.346. The Morgan fingerprint density at radius 3 is 2.66 bits per heavy atom. The lowest BCUT2D eigenvalue weighted by Gasteiger charge is -2.37. The molecule has 0 bridgehead atoms. The molecule has 2 fully saturated rings. The van der Waals surface area contributed by atoms with Gasteiger partial charge in [-0.15, -0.1) is 0 Å². The molecule has 4 rings (SSSR count). The molecule has 7 nitrogen and oxygen atoms in total. The number of pyridine rings is 1. The molecule has 0 radical (unpaired) electrons. The Kier molecular flexibility index (Phi) is 5.35. The number of rotatable bonds is 4. The second-order valence-electron chi connectivity index (χ2n) is 8.24. The van der Waals surface area contributed by atoms with Crippen molar-refractivity contribution in [2.45, 2.75) is 43.7 Å². The van der Waals surface area contributed by atoms with Crippen molar-refractivity contribution in [2.75, 3.05) is 20.2 Å². The number of sulfonamides is 1. The van der Waals surface area contributed by atoms with E-state index in [9.17, 15) is 13.2 Å². The lowest BCUT2D eigenvalue weighted by molar-refractivity contribution is -0.121. The Morgan fingerprint density at radius 2 is 1.97 bits per heavy atom. The number of methoxy groups -OCH3 is 1. The molecule has 2 heterocycles. The quantitative estimate of drug-likeness (QED) is 0.823. The van der Waals surface area contributed by atoms with E-state index in [2.05, 4.69) is 10.3 Å². The van der Waals surface area contributed by atoms with Crippen LogP contribution in [0.3, 0.4) is 0 Å². The van der Waals surface area contributed by atoms with Gasteiger partial charge in [-0.2, -0.15) is 4.31 Å². The predicted octanol–water partition coefficient (Wildman–Crippen LogP) is 2.09. The summed E-state index contributed by atoms with van der Waals surface area (Å²) in [7, 11) is -2.01. The Labute approximate surface area is 171 Å². The number of nitrogens with zero attached hydrogens (tertiary/aromatic N) is 2. The number of aryl methyl sites for hydroxylation is 1. The van der Waals surface area contributed by atoms with E-state index >= 15 is 0 Å². The van der Waals surface area contributed by atoms with Gasteiger partial charge in [-0.05, 0) is 49.3 Å². The standard InChI is InChI=1S/C21H27N3O4S/c1-13-7-15-5-4-6-20(21(15)22-10-13)29(26,27)24-11-16-8-18(23-14(2)25)19(28-3)9-17(16)12-24/h4-7,10,16-19H,8-9,11-12H2,1-3H3,(H,23,25)/t16-,17+,18-,19-/m1/s1. The van der Waals surface area contributed by atoms with Crippen molar-refractivity contribution in [1.82, 2.24) is 14.6 Å². The van der Waals surface area contributed by atoms with Crippen molar-refractivity contribution < 1.29 is 17.9 Å². The average molecular weight is 418 g/mol. The van der Waals surface area contributed by atoms with Crippen LogP contribution < -0.4 is 5.32 Å². The Hall–Kier alpha value is -2.03. The number of nitrogens with one attached hydrogen (secondary N) is 1. The summed E-state index contributed by atoms with van der Waals surface area (Å²) in [4.78, 5) is 16.2. The van der Waals surface area contributed by atoms with Gasteiger partial charge < -0.3 is 10.1 Å². The summed E-state index contributed by atoms with van der Waals surface area (Å²) in [5, 5.41) is 3.79. The number of benzene rings is 1. The number of para-hydroxylation sites is 1. The zero-order chi connectivity index (χ0) is 20.8. The van der Waals surface area contributed by atoms with Crippen LogP contribution in [0.2, 0.25) is 0 Å². The number of fused-ring (bicyclic) bond motifs is 2. The van der Waals surface area contributed by atoms with Crippen LogP contribution in [0.15, 0.2) is 35.4 Å². The molecule has 0 spiro atoms. The highest BCUT2D eigenvalue weighted by molar-refractivity contribution is 7.89. The highest BCUT2D eigenvalue weighted by atomic mass is 32.2. The molecule has 29 heavy (non-hydrogen) atoms. The molecule has 4 atom stereocenters. The van der Waals surface area contributed by atoms with Gasteiger partial charge in [0.05, 0.1) is 17.7 Å². The van der Waals surface area contributed by atoms with Crippen LogP contribution in [0.25, 0.3) is 10.9 Å². The van der Waals surface area contributed by atoms with E-state index in [-0.39, 0.29) is 34.8 Å². The van der Waals surface area contributed by atoms with Crippen molar-refractivity contribution >= 4 is 26.8 Å². The molecule has 1 aliphatic carbocycles. The smallest absolute Gasteiger partial charge is 0.245 e. The van der Waals surface area contributed by atoms with Gasteiger partial charge in [-0.3, -0.25) is 9.78 Å². The molecule has 1 N–H and O–H groups in total. The van der Waals surface area contributed by atoms with Gasteiger partial charge in [0.25, 0.3) is 0 Å². The monoisotopic (exact) mass is 417 g/mol. The summed E-state index contributed by atoms with van der Waals surface area (Å²) >= 11 is 0. The van der Waals surface area contributed by atoms with E-state index in [0.29, 0.717) is 18.6 Å². The first-order chi connectivity index (χ1) is 13.8. The van der Waals surface area contributed by atoms with Gasteiger partial charge in [0, 0.05) is 38.7 Å². The van der Waals surface area contributed by atoms with Crippen LogP contribution in [-0.4, -0.2) is 56.0 Å². The molecule has 156 valence electrons. The van der Waals surface area contributed by atoms with Crippen LogP contribution in [0.1, 0.15) is 25.3 Å². The van der Waals surface area contributed by atoms with Crippen LogP contribution >= 0.6 is 0 Å². The number of carbonyl (C=O) groups excluding carboxylic acids is 1. The van der Waals surface area contributed by atoms with Crippen molar-refractivity contribution in [2.24, 2.45) is 11.8 Å². The molecule has 1 aromatic heterocycles. The lowest BCUT2D eigenvalue weighted by Crippen LogP contribution is -2.49. The Balaban J connectivity index is 1.61. The van der Waals surface area contributed by atoms with Crippen LogP contribution in [-0.2, 0) is 19.6 Å². The molecule has 0 unspecified atom stereocenters. The van der Waals surface area contributed by atoms with E-state index in [1.54, 1.807) is 29.7 Å². The highest BCUT2D eigenvalue weighted by Crippen LogP contribution is 2.40. The van der Waals surface area contributed by atoms with E-state index in [4.69, 9.17) is 4.74 Å². The second-order valence-corrected chi connectivity index (χ2v) is 10.1. The summed E-state index contributed by atoms with van der Waals surface area (Å²) in [5.41, 5.74) is 1.51. The molecule has 8 heteroatoms. The minimum Gasteiger partial charge on any atom is -0.379 e. The fourth-order valence-corrected chi connectivity index (χ4v) is 6.55. The van der Waals surface area contributed by atoms with E-state index in [1.165, 1.54) is 6.92 Å². The Morgan fingerprint density at radius 1 is 1.24 bits per heavy atom. The number of amides is 1. The molecule has 2 aromatic rings. The highest BCUT2D eigenvalue weighted by Gasteiger charge is 2.46. The maximum Gasteiger partial charge on any atom is 0.245 e. The number of carbonyl (C=O) groups is 1. The summed E-state index contributed by atoms with van der Waals surface area (Å²) < 4.78 is 34.1. The molecule has 1 aromatic carbocycles. The SMILES string of the molecule is CO[C@@H]1C[C@H]2CN(S(=O)(=O)c3cccc4cc(C)cnc34)C[C@H]2C[C@H]1NC(C)=O. The van der Waals surface area contributed by atoms with Crippen molar-refractivity contribution in [1.29, 1.82) is 0 Å². The summed E-state index contributed by atoms with van der Waals surface area (Å²) in [6, 6.07) is 7.17. The first kappa shape index (κ1) is 20.3. The molecular weight excluding hydrogens is 390 g/mol. The normalized spacial score (nSPS) is 27.7. The van der Waals surface area contributed by atoms with Gasteiger partial charge in [0.15, 0.2) is 0 Å². The van der Waals surface area contributed by atoms with E-state index in [0.717, 1.165) is 23.8 Å². The molecule has 1 amide bonds. The number of aromatic nitrogens is 1. The maximum absolute atomic E-state index is 13.5. The lowest BCUT2D eigenvalue weighted by atomic mass is 9.77. The van der Waals surface area contributed by atoms with Crippen molar-refractivity contribution in [3.63, 3.8) is 0 Å². The third kappa shape index (κ3) is 3.76. The van der Waals surface area contributed by atoms with Gasteiger partial charge >= 0.3 is 0 Å². The minimum absolute atomic E-state index is 0.0800. The zero-order valence-corrected chi connectivity index (χ0v) is 17.8. The third-order valence-electron chi connectivity index (χ3n) is 6.20. The van der Waals surface area contributed by atoms with Crippen molar-refractivity contribution in [3.8, 4) is 0 Å². The third-order valence-corrected chi connectivity index (χ3v) is 8.07. The fraction of sp³-hybridized carbons (Fsp3) is 0.524. The fourth-order valence-electron chi connectivity index (χ4n) is 4.83. The average Bonchev–Trinajstić information content (AvgIpc) is 3.09. The minimum atomic E-state index is -3.66. The van der Waals surface area contributed by atoms with Gasteiger partial charge in [-0.25, -0.2) is 8.42 Å². The predicted molar refractivity (Wildman–Crippen MR) is 110 cm³/mol. The van der Waals surface area contributed by atoms with Crippen LogP contribution in [0.4, 0.5) is 0 Å². The first-order valence-corrected chi connectivity index (χ1v) is 11.4. The largest absolute Gasteiger partial charge is 0.379 e. The topological polar surface area (TPSA) is 88.6 Å². The molecule has 1 saturated carbocycles. The van der Waals surface area contributed by atoms with Gasteiger partial charge in [0.1, 0.15) is 4.90 Å². The van der Waals surface area contributed by atoms with E-state index < -0.39 is 10.0 Å². The number of hydrogen-bond donors (Lipinski definition) is 1. The first-order valence-electron chi connectivity index (χ1n) is 9.95. The van der Waals surface area contributed by atoms with E-state index in [1.807, 2.05) is 19.1 Å². The molecule has 1 aliphatic heterocycles. The van der Waals surface area contributed by atoms with Crippen LogP contribution in [0, 0.1) is 18.8 Å². The van der Waals surface area contributed by atoms with Gasteiger partial charge in [-0.1, -0.05) is 12.1 Å². The summed E-state index contributed by atoms with van der Waals surface area (Å²) in [6.45, 7) is 4.37. The number of ether oxygens (including phenoxy) is 1. The molecule has 1 saturated heterocycles. The second kappa shape index (κ2) is 7.66.